The van der Waals surface area contributed by atoms with Gasteiger partial charge in [-0.2, -0.15) is 0 Å². The van der Waals surface area contributed by atoms with E-state index >= 15 is 0 Å². The van der Waals surface area contributed by atoms with Gasteiger partial charge in [-0.25, -0.2) is 0 Å². The Morgan fingerprint density at radius 1 is 0.706 bits per heavy atom. The Kier molecular flexibility index (Phi) is 43.9. The summed E-state index contributed by atoms with van der Waals surface area (Å²) in [4.78, 5) is 9.92. The molecule has 1 radical (unpaired) electrons. The molecule has 0 rings (SSSR count). The van der Waals surface area contributed by atoms with Crippen molar-refractivity contribution in [2.45, 2.75) is 77.6 Å². The van der Waals surface area contributed by atoms with E-state index in [1.165, 1.54) is 57.8 Å². The van der Waals surface area contributed by atoms with Gasteiger partial charge in [0.2, 0.25) is 0 Å². The van der Waals surface area contributed by atoms with Gasteiger partial charge in [-0.3, -0.25) is 4.79 Å². The van der Waals surface area contributed by atoms with Gasteiger partial charge in [-0.1, -0.05) is 64.7 Å². The normalized spacial score (nSPS) is 8.53. The maximum absolute atomic E-state index is 9.92. The van der Waals surface area contributed by atoms with Crippen LogP contribution in [0, 0.1) is 40.4 Å². The Balaban J connectivity index is -0.000000282. The van der Waals surface area contributed by atoms with Crippen LogP contribution >= 0.6 is 0 Å². The van der Waals surface area contributed by atoms with Gasteiger partial charge >= 0.3 is 0 Å². The maximum atomic E-state index is 9.92. The summed E-state index contributed by atoms with van der Waals surface area (Å²) in [5, 5.41) is 0. The van der Waals surface area contributed by atoms with E-state index in [0.717, 1.165) is 6.42 Å². The summed E-state index contributed by atoms with van der Waals surface area (Å²) in [6, 6.07) is 0. The summed E-state index contributed by atoms with van der Waals surface area (Å²) in [5.41, 5.74) is 0. The molecule has 0 spiro atoms. The van der Waals surface area contributed by atoms with E-state index in [0.29, 0.717) is 6.42 Å². The van der Waals surface area contributed by atoms with Crippen molar-refractivity contribution in [2.75, 3.05) is 0 Å². The summed E-state index contributed by atoms with van der Waals surface area (Å²) in [5.74, 6) is 0. The molecule has 0 unspecified atom stereocenters. The van der Waals surface area contributed by atoms with Crippen LogP contribution in [0.1, 0.15) is 77.6 Å². The molecule has 1 nitrogen and oxygen atoms in total. The third-order valence-electron chi connectivity index (χ3n) is 2.63. The van der Waals surface area contributed by atoms with Crippen LogP contribution in [0.15, 0.2) is 0 Å². The summed E-state index contributed by atoms with van der Waals surface area (Å²) in [7, 11) is 0. The van der Waals surface area contributed by atoms with E-state index in [2.05, 4.69) is 6.92 Å². The minimum absolute atomic E-state index is 0. The Morgan fingerprint density at radius 2 is 1.06 bits per heavy atom. The van der Waals surface area contributed by atoms with Crippen LogP contribution in [0.3, 0.4) is 0 Å². The third-order valence-corrected chi connectivity index (χ3v) is 2.63. The van der Waals surface area contributed by atoms with Crippen molar-refractivity contribution in [1.82, 2.24) is 0 Å². The van der Waals surface area contributed by atoms with Crippen molar-refractivity contribution >= 4 is 6.29 Å². The van der Waals surface area contributed by atoms with Crippen LogP contribution < -0.4 is 48.0 Å². The fourth-order valence-electron chi connectivity index (χ4n) is 1.68. The molecular formula is C13H25I2OSm-2. The number of hydrogen-bond donors (Lipinski definition) is 0. The first-order chi connectivity index (χ1) is 6.91. The predicted molar refractivity (Wildman–Crippen MR) is 62.2 cm³/mol. The third kappa shape index (κ3) is 27.6. The molecule has 0 aromatic heterocycles. The van der Waals surface area contributed by atoms with Crippen LogP contribution in [0.25, 0.3) is 0 Å². The minimum Gasteiger partial charge on any atom is -1.00 e. The fraction of sp³-hybridized carbons (Fsp3) is 0.923. The van der Waals surface area contributed by atoms with Crippen molar-refractivity contribution in [3.8, 4) is 0 Å². The molecule has 17 heavy (non-hydrogen) atoms. The zero-order chi connectivity index (χ0) is 10.5. The van der Waals surface area contributed by atoms with Crippen molar-refractivity contribution in [1.29, 1.82) is 0 Å². The van der Waals surface area contributed by atoms with E-state index in [4.69, 9.17) is 0 Å². The second kappa shape index (κ2) is 26.9. The Morgan fingerprint density at radius 3 is 1.41 bits per heavy atom. The topological polar surface area (TPSA) is 17.1 Å². The maximum Gasteiger partial charge on any atom is 0.198 e. The van der Waals surface area contributed by atoms with Gasteiger partial charge in [0, 0.05) is 46.8 Å². The number of carbonyl (C=O) groups excluding carboxylic acids is 1. The van der Waals surface area contributed by atoms with Crippen LogP contribution in [0.2, 0.25) is 0 Å². The van der Waals surface area contributed by atoms with Crippen LogP contribution in [0.4, 0.5) is 0 Å². The van der Waals surface area contributed by atoms with Gasteiger partial charge in [-0.05, 0) is 6.42 Å². The van der Waals surface area contributed by atoms with Crippen molar-refractivity contribution in [2.24, 2.45) is 0 Å². The Labute approximate surface area is 174 Å². The van der Waals surface area contributed by atoms with E-state index in [1.54, 1.807) is 0 Å². The predicted octanol–water partition coefficient (Wildman–Crippen LogP) is -1.58. The minimum atomic E-state index is 0. The van der Waals surface area contributed by atoms with Gasteiger partial charge in [0.15, 0.2) is 6.29 Å². The molecule has 0 amide bonds. The smallest absolute Gasteiger partial charge is 0.198 e. The van der Waals surface area contributed by atoms with Gasteiger partial charge in [-0.15, -0.1) is 0 Å². The molecule has 0 saturated carbocycles. The van der Waals surface area contributed by atoms with Gasteiger partial charge < -0.3 is 48.0 Å². The summed E-state index contributed by atoms with van der Waals surface area (Å²) < 4.78 is 0. The van der Waals surface area contributed by atoms with Crippen LogP contribution in [0.5, 0.6) is 0 Å². The number of hydrogen-bond acceptors (Lipinski definition) is 1. The zero-order valence-electron chi connectivity index (χ0n) is 10.9. The largest absolute Gasteiger partial charge is 1.00 e. The molecule has 0 aliphatic heterocycles. The molecule has 0 fully saturated rings. The van der Waals surface area contributed by atoms with Crippen molar-refractivity contribution in [3.63, 3.8) is 0 Å². The first-order valence-electron chi connectivity index (χ1n) is 6.26. The Bertz CT molecular complexity index is 124. The molecule has 0 atom stereocenters. The van der Waals surface area contributed by atoms with E-state index in [9.17, 15) is 4.79 Å². The van der Waals surface area contributed by atoms with E-state index in [-0.39, 0.29) is 88.3 Å². The first-order valence-corrected chi connectivity index (χ1v) is 6.26. The van der Waals surface area contributed by atoms with Gasteiger partial charge in [0.1, 0.15) is 0 Å². The molecule has 0 N–H and O–H groups in total. The molecular weight excluding hydrogens is 576 g/mol. The second-order valence-corrected chi connectivity index (χ2v) is 4.08. The molecule has 0 aromatic carbocycles. The van der Waals surface area contributed by atoms with Gasteiger partial charge in [0.05, 0.1) is 0 Å². The van der Waals surface area contributed by atoms with Gasteiger partial charge in [0.25, 0.3) is 0 Å². The quantitative estimate of drug-likeness (QED) is 0.207. The zero-order valence-corrected chi connectivity index (χ0v) is 17.8. The fourth-order valence-corrected chi connectivity index (χ4v) is 1.68. The molecule has 0 bridgehead atoms. The first kappa shape index (κ1) is 27.8. The second-order valence-electron chi connectivity index (χ2n) is 4.08. The monoisotopic (exact) mass is 603 g/mol. The van der Waals surface area contributed by atoms with E-state index < -0.39 is 0 Å². The average molecular weight is 602 g/mol. The standard InChI is InChI=1S/C13H25O.2HI.Sm/c1-2-3-4-5-6-7-8-9-10-11-12-13-14;;;/h2-12H2,1H3;2*1H;/p-2. The molecule has 0 saturated heterocycles. The number of rotatable bonds is 11. The average Bonchev–Trinajstić information content (AvgIpc) is 2.21. The Hall–Kier alpha value is 2.47. The summed E-state index contributed by atoms with van der Waals surface area (Å²) >= 11 is 0. The summed E-state index contributed by atoms with van der Waals surface area (Å²) in [6.07, 6.45) is 15.8. The molecule has 0 aliphatic rings. The van der Waals surface area contributed by atoms with Crippen LogP contribution in [-0.4, -0.2) is 6.29 Å². The van der Waals surface area contributed by atoms with Crippen LogP contribution in [-0.2, 0) is 4.79 Å². The molecule has 0 aliphatic carbocycles. The molecule has 0 heterocycles. The summed E-state index contributed by atoms with van der Waals surface area (Å²) in [6.45, 7) is 2.25. The SMILES string of the molecule is CCCCCCCCCCCC[C]=O.[I-].[I-].[Sm]. The van der Waals surface area contributed by atoms with Crippen molar-refractivity contribution < 1.29 is 93.1 Å². The number of halogens is 2. The van der Waals surface area contributed by atoms with E-state index in [1.807, 2.05) is 6.29 Å². The molecule has 0 aromatic rings. The molecule has 105 valence electrons. The van der Waals surface area contributed by atoms with Crippen molar-refractivity contribution in [3.05, 3.63) is 0 Å². The number of unbranched alkanes of at least 4 members (excludes halogenated alkanes) is 10. The molecule has 4 heteroatoms.